The molecule has 2 heterocycles. The predicted octanol–water partition coefficient (Wildman–Crippen LogP) is 2.33. The van der Waals surface area contributed by atoms with Crippen LogP contribution in [0, 0.1) is 5.92 Å². The van der Waals surface area contributed by atoms with Gasteiger partial charge in [0.25, 0.3) is 6.01 Å². The standard InChI is InChI=1S/C14H19N3O/c1-2-6-13-12(5-1)16-14(17-13)18-9-7-11-4-3-8-15-10-11/h1-2,5-6,11,15H,3-4,7-10H2,(H,16,17)/t11-/m1/s1. The van der Waals surface area contributed by atoms with E-state index in [1.165, 1.54) is 19.4 Å². The minimum absolute atomic E-state index is 0.639. The third kappa shape index (κ3) is 2.64. The van der Waals surface area contributed by atoms with Crippen molar-refractivity contribution in [3.63, 3.8) is 0 Å². The van der Waals surface area contributed by atoms with Crippen molar-refractivity contribution in [1.82, 2.24) is 15.3 Å². The minimum atomic E-state index is 0.639. The molecule has 0 saturated carbocycles. The molecule has 4 heteroatoms. The highest BCUT2D eigenvalue weighted by atomic mass is 16.5. The summed E-state index contributed by atoms with van der Waals surface area (Å²) < 4.78 is 5.70. The maximum Gasteiger partial charge on any atom is 0.294 e. The van der Waals surface area contributed by atoms with E-state index >= 15 is 0 Å². The topological polar surface area (TPSA) is 49.9 Å². The number of fused-ring (bicyclic) bond motifs is 1. The summed E-state index contributed by atoms with van der Waals surface area (Å²) in [6.45, 7) is 3.04. The van der Waals surface area contributed by atoms with Gasteiger partial charge in [0.05, 0.1) is 17.6 Å². The molecule has 2 aromatic rings. The first-order valence-electron chi connectivity index (χ1n) is 6.70. The van der Waals surface area contributed by atoms with E-state index in [9.17, 15) is 0 Å². The van der Waals surface area contributed by atoms with Gasteiger partial charge < -0.3 is 15.0 Å². The van der Waals surface area contributed by atoms with Crippen molar-refractivity contribution < 1.29 is 4.74 Å². The molecule has 1 aromatic heterocycles. The van der Waals surface area contributed by atoms with Crippen molar-refractivity contribution in [1.29, 1.82) is 0 Å². The van der Waals surface area contributed by atoms with Gasteiger partial charge in [0.2, 0.25) is 0 Å². The monoisotopic (exact) mass is 245 g/mol. The SMILES string of the molecule is c1ccc2[nH]c(OCC[C@H]3CCCNC3)nc2c1. The van der Waals surface area contributed by atoms with Crippen LogP contribution in [0.15, 0.2) is 24.3 Å². The van der Waals surface area contributed by atoms with Gasteiger partial charge >= 0.3 is 0 Å². The molecule has 2 N–H and O–H groups in total. The molecule has 3 rings (SSSR count). The largest absolute Gasteiger partial charge is 0.465 e. The van der Waals surface area contributed by atoms with Gasteiger partial charge in [-0.25, -0.2) is 0 Å². The number of piperidine rings is 1. The molecular formula is C14H19N3O. The van der Waals surface area contributed by atoms with Crippen LogP contribution >= 0.6 is 0 Å². The van der Waals surface area contributed by atoms with E-state index in [1.807, 2.05) is 24.3 Å². The van der Waals surface area contributed by atoms with Crippen molar-refractivity contribution in [3.05, 3.63) is 24.3 Å². The van der Waals surface area contributed by atoms with Crippen molar-refractivity contribution >= 4 is 11.0 Å². The molecular weight excluding hydrogens is 226 g/mol. The normalized spacial score (nSPS) is 20.1. The number of aromatic nitrogens is 2. The Morgan fingerprint density at radius 2 is 2.28 bits per heavy atom. The van der Waals surface area contributed by atoms with Crippen LogP contribution in [0.25, 0.3) is 11.0 Å². The number of benzene rings is 1. The Hall–Kier alpha value is -1.55. The molecule has 96 valence electrons. The number of nitrogens with zero attached hydrogens (tertiary/aromatic N) is 1. The van der Waals surface area contributed by atoms with E-state index in [4.69, 9.17) is 4.74 Å². The molecule has 1 fully saturated rings. The van der Waals surface area contributed by atoms with Crippen LogP contribution in [0.5, 0.6) is 6.01 Å². The van der Waals surface area contributed by atoms with Crippen LogP contribution in [-0.4, -0.2) is 29.7 Å². The van der Waals surface area contributed by atoms with E-state index in [0.717, 1.165) is 36.5 Å². The Kier molecular flexibility index (Phi) is 3.46. The lowest BCUT2D eigenvalue weighted by Gasteiger charge is -2.22. The van der Waals surface area contributed by atoms with Gasteiger partial charge in [-0.1, -0.05) is 12.1 Å². The third-order valence-corrected chi connectivity index (χ3v) is 3.53. The van der Waals surface area contributed by atoms with Gasteiger partial charge in [-0.05, 0) is 50.4 Å². The van der Waals surface area contributed by atoms with Crippen LogP contribution in [0.2, 0.25) is 0 Å². The molecule has 18 heavy (non-hydrogen) atoms. The lowest BCUT2D eigenvalue weighted by molar-refractivity contribution is 0.242. The quantitative estimate of drug-likeness (QED) is 0.869. The highest BCUT2D eigenvalue weighted by molar-refractivity contribution is 5.75. The first-order valence-corrected chi connectivity index (χ1v) is 6.70. The third-order valence-electron chi connectivity index (χ3n) is 3.53. The highest BCUT2D eigenvalue weighted by Gasteiger charge is 2.13. The van der Waals surface area contributed by atoms with E-state index in [1.54, 1.807) is 0 Å². The van der Waals surface area contributed by atoms with E-state index in [-0.39, 0.29) is 0 Å². The average molecular weight is 245 g/mol. The fourth-order valence-corrected chi connectivity index (χ4v) is 2.49. The Morgan fingerprint density at radius 3 is 3.11 bits per heavy atom. The number of aromatic amines is 1. The summed E-state index contributed by atoms with van der Waals surface area (Å²) in [6.07, 6.45) is 3.70. The van der Waals surface area contributed by atoms with Crippen molar-refractivity contribution in [2.75, 3.05) is 19.7 Å². The zero-order valence-electron chi connectivity index (χ0n) is 10.5. The van der Waals surface area contributed by atoms with Gasteiger partial charge in [0, 0.05) is 0 Å². The summed E-state index contributed by atoms with van der Waals surface area (Å²) in [5.74, 6) is 0.753. The van der Waals surface area contributed by atoms with Crippen LogP contribution in [0.1, 0.15) is 19.3 Å². The second-order valence-electron chi connectivity index (χ2n) is 4.91. The molecule has 1 aromatic carbocycles. The van der Waals surface area contributed by atoms with Crippen LogP contribution in [0.4, 0.5) is 0 Å². The average Bonchev–Trinajstić information content (AvgIpc) is 2.82. The molecule has 4 nitrogen and oxygen atoms in total. The van der Waals surface area contributed by atoms with Gasteiger partial charge in [-0.2, -0.15) is 4.98 Å². The molecule has 0 radical (unpaired) electrons. The molecule has 0 spiro atoms. The van der Waals surface area contributed by atoms with E-state index in [0.29, 0.717) is 6.01 Å². The second kappa shape index (κ2) is 5.40. The highest BCUT2D eigenvalue weighted by Crippen LogP contribution is 2.17. The predicted molar refractivity (Wildman–Crippen MR) is 71.8 cm³/mol. The zero-order valence-corrected chi connectivity index (χ0v) is 10.5. The molecule has 0 aliphatic carbocycles. The number of hydrogen-bond acceptors (Lipinski definition) is 3. The maximum atomic E-state index is 5.70. The van der Waals surface area contributed by atoms with Crippen LogP contribution in [0.3, 0.4) is 0 Å². The van der Waals surface area contributed by atoms with Crippen molar-refractivity contribution in [2.24, 2.45) is 5.92 Å². The van der Waals surface area contributed by atoms with Crippen molar-refractivity contribution in [2.45, 2.75) is 19.3 Å². The Balaban J connectivity index is 1.53. The Labute approximate surface area is 107 Å². The molecule has 0 unspecified atom stereocenters. The molecule has 0 bridgehead atoms. The van der Waals surface area contributed by atoms with E-state index < -0.39 is 0 Å². The maximum absolute atomic E-state index is 5.70. The Morgan fingerprint density at radius 1 is 1.33 bits per heavy atom. The number of ether oxygens (including phenoxy) is 1. The van der Waals surface area contributed by atoms with Gasteiger partial charge in [0.15, 0.2) is 0 Å². The molecule has 1 aliphatic heterocycles. The lowest BCUT2D eigenvalue weighted by Crippen LogP contribution is -2.30. The molecule has 1 saturated heterocycles. The lowest BCUT2D eigenvalue weighted by atomic mass is 9.97. The number of nitrogens with one attached hydrogen (secondary N) is 2. The second-order valence-corrected chi connectivity index (χ2v) is 4.91. The zero-order chi connectivity index (χ0) is 12.2. The first kappa shape index (κ1) is 11.5. The van der Waals surface area contributed by atoms with Gasteiger partial charge in [-0.3, -0.25) is 0 Å². The number of hydrogen-bond donors (Lipinski definition) is 2. The summed E-state index contributed by atoms with van der Waals surface area (Å²) in [7, 11) is 0. The Bertz CT molecular complexity index is 469. The number of imidazole rings is 1. The van der Waals surface area contributed by atoms with E-state index in [2.05, 4.69) is 15.3 Å². The molecule has 1 atom stereocenters. The fraction of sp³-hybridized carbons (Fsp3) is 0.500. The van der Waals surface area contributed by atoms with Gasteiger partial charge in [0.1, 0.15) is 0 Å². The summed E-state index contributed by atoms with van der Waals surface area (Å²) in [6, 6.07) is 8.63. The number of rotatable bonds is 4. The van der Waals surface area contributed by atoms with Crippen molar-refractivity contribution in [3.8, 4) is 6.01 Å². The molecule has 1 aliphatic rings. The number of H-pyrrole nitrogens is 1. The summed E-state index contributed by atoms with van der Waals surface area (Å²) >= 11 is 0. The fourth-order valence-electron chi connectivity index (χ4n) is 2.49. The summed E-state index contributed by atoms with van der Waals surface area (Å²) in [4.78, 5) is 7.59. The minimum Gasteiger partial charge on any atom is -0.465 e. The summed E-state index contributed by atoms with van der Waals surface area (Å²) in [5, 5.41) is 3.43. The number of para-hydroxylation sites is 2. The van der Waals surface area contributed by atoms with Gasteiger partial charge in [-0.15, -0.1) is 0 Å². The van der Waals surface area contributed by atoms with Crippen LogP contribution < -0.4 is 10.1 Å². The molecule has 0 amide bonds. The van der Waals surface area contributed by atoms with Crippen LogP contribution in [-0.2, 0) is 0 Å². The first-order chi connectivity index (χ1) is 8.92. The smallest absolute Gasteiger partial charge is 0.294 e. The summed E-state index contributed by atoms with van der Waals surface area (Å²) in [5.41, 5.74) is 2.00.